The Balaban J connectivity index is 1.37. The lowest BCUT2D eigenvalue weighted by atomic mass is 9.76. The summed E-state index contributed by atoms with van der Waals surface area (Å²) in [5.74, 6) is -4.41. The molecule has 5 N–H and O–H groups in total. The number of ether oxygens (including phenoxy) is 1. The van der Waals surface area contributed by atoms with Crippen LogP contribution in [-0.4, -0.2) is 48.4 Å². The molecule has 3 aromatic rings. The summed E-state index contributed by atoms with van der Waals surface area (Å²) in [7, 11) is 0. The number of hydrogen-bond donors (Lipinski definition) is 3. The van der Waals surface area contributed by atoms with Crippen LogP contribution in [0.1, 0.15) is 58.8 Å². The lowest BCUT2D eigenvalue weighted by Crippen LogP contribution is -2.45. The number of benzene rings is 2. The largest absolute Gasteiger partial charge is 0.489 e. The van der Waals surface area contributed by atoms with Crippen LogP contribution < -0.4 is 21.5 Å². The molecular formula is C31H28ClF4N5O3. The van der Waals surface area contributed by atoms with Gasteiger partial charge in [-0.15, -0.1) is 0 Å². The number of anilines is 1. The van der Waals surface area contributed by atoms with Crippen molar-refractivity contribution >= 4 is 35.3 Å². The number of rotatable bonds is 9. The molecule has 2 fully saturated rings. The molecular weight excluding hydrogens is 602 g/mol. The van der Waals surface area contributed by atoms with E-state index in [2.05, 4.69) is 15.3 Å². The highest BCUT2D eigenvalue weighted by molar-refractivity contribution is 6.34. The molecule has 0 saturated heterocycles. The predicted molar refractivity (Wildman–Crippen MR) is 156 cm³/mol. The topological polar surface area (TPSA) is 133 Å². The molecule has 0 unspecified atom stereocenters. The zero-order chi connectivity index (χ0) is 31.4. The third-order valence-corrected chi connectivity index (χ3v) is 8.68. The number of alkyl halides is 3. The average Bonchev–Trinajstić information content (AvgIpc) is 3.91. The molecule has 8 nitrogen and oxygen atoms in total. The minimum atomic E-state index is -4.86. The summed E-state index contributed by atoms with van der Waals surface area (Å²) in [6.07, 6.45) is -0.153. The van der Waals surface area contributed by atoms with Gasteiger partial charge in [0, 0.05) is 35.0 Å². The van der Waals surface area contributed by atoms with Gasteiger partial charge in [-0.1, -0.05) is 11.6 Å². The molecule has 2 atom stereocenters. The van der Waals surface area contributed by atoms with Crippen molar-refractivity contribution in [1.29, 1.82) is 0 Å². The molecule has 2 amide bonds. The fourth-order valence-corrected chi connectivity index (χ4v) is 5.79. The first kappa shape index (κ1) is 29.9. The third kappa shape index (κ3) is 5.58. The van der Waals surface area contributed by atoms with E-state index < -0.39 is 47.4 Å². The molecule has 0 bridgehead atoms. The summed E-state index contributed by atoms with van der Waals surface area (Å²) < 4.78 is 63.6. The van der Waals surface area contributed by atoms with Gasteiger partial charge in [0.15, 0.2) is 0 Å². The van der Waals surface area contributed by atoms with Crippen molar-refractivity contribution < 1.29 is 31.9 Å². The summed E-state index contributed by atoms with van der Waals surface area (Å²) in [4.78, 5) is 34.6. The highest BCUT2D eigenvalue weighted by Gasteiger charge is 2.57. The number of halogens is 5. The van der Waals surface area contributed by atoms with Gasteiger partial charge in [0.1, 0.15) is 35.2 Å². The number of primary amides is 1. The molecule has 44 heavy (non-hydrogen) atoms. The molecule has 3 aliphatic rings. The maximum absolute atomic E-state index is 14.7. The van der Waals surface area contributed by atoms with E-state index in [1.165, 1.54) is 36.5 Å². The number of nitrogen functional groups attached to an aromatic ring is 1. The average molecular weight is 630 g/mol. The van der Waals surface area contributed by atoms with Crippen molar-refractivity contribution in [1.82, 2.24) is 10.3 Å². The van der Waals surface area contributed by atoms with Crippen molar-refractivity contribution in [3.05, 3.63) is 75.7 Å². The number of carbonyl (C=O) groups is 2. The first-order chi connectivity index (χ1) is 20.9. The van der Waals surface area contributed by atoms with Gasteiger partial charge in [-0.3, -0.25) is 14.6 Å². The number of carbonyl (C=O) groups excluding carboxylic acids is 2. The number of aromatic nitrogens is 1. The number of nitrogens with one attached hydrogen (secondary N) is 1. The minimum Gasteiger partial charge on any atom is -0.489 e. The van der Waals surface area contributed by atoms with Crippen LogP contribution in [-0.2, 0) is 10.2 Å². The fraction of sp³-hybridized carbons (Fsp3) is 0.355. The number of aliphatic imine (C=N–C) groups is 1. The van der Waals surface area contributed by atoms with Crippen LogP contribution in [0.2, 0.25) is 5.02 Å². The second kappa shape index (κ2) is 11.1. The highest BCUT2D eigenvalue weighted by Crippen LogP contribution is 2.55. The zero-order valence-corrected chi connectivity index (χ0v) is 24.0. The molecule has 0 radical (unpaired) electrons. The normalized spacial score (nSPS) is 20.3. The molecule has 2 saturated carbocycles. The van der Waals surface area contributed by atoms with E-state index in [0.29, 0.717) is 24.0 Å². The fourth-order valence-electron chi connectivity index (χ4n) is 5.57. The van der Waals surface area contributed by atoms with Gasteiger partial charge in [0.05, 0.1) is 22.4 Å². The number of nitrogens with zero attached hydrogens (tertiary/aromatic N) is 2. The molecule has 2 heterocycles. The minimum absolute atomic E-state index is 0.00571. The van der Waals surface area contributed by atoms with E-state index in [1.54, 1.807) is 0 Å². The Labute approximate surface area is 254 Å². The van der Waals surface area contributed by atoms with Crippen molar-refractivity contribution in [3.63, 3.8) is 0 Å². The van der Waals surface area contributed by atoms with Gasteiger partial charge in [-0.25, -0.2) is 9.37 Å². The van der Waals surface area contributed by atoms with Gasteiger partial charge >= 0.3 is 6.18 Å². The monoisotopic (exact) mass is 629 g/mol. The molecule has 1 aromatic heterocycles. The van der Waals surface area contributed by atoms with E-state index in [9.17, 15) is 27.2 Å². The summed E-state index contributed by atoms with van der Waals surface area (Å²) in [5.41, 5.74) is 11.2. The first-order valence-corrected chi connectivity index (χ1v) is 14.5. The van der Waals surface area contributed by atoms with Gasteiger partial charge in [0.25, 0.3) is 5.91 Å². The first-order valence-electron chi connectivity index (χ1n) is 14.1. The van der Waals surface area contributed by atoms with E-state index in [0.717, 1.165) is 25.0 Å². The SMILES string of the molecule is NC(=O)[C@@]1(C2CC2)COc2c1cc([C@@H](CNC(=O)c1cc(Cl)c(N)c(C=NC3CC3)c1)C(F)(F)F)nc2-c1ccc(F)cc1. The number of amides is 2. The number of nitrogens with two attached hydrogens (primary N) is 2. The molecule has 2 aliphatic carbocycles. The summed E-state index contributed by atoms with van der Waals surface area (Å²) in [6, 6.07) is 9.10. The standard InChI is InChI=1S/C31H28ClF4N5O3/c32-23-10-16(9-17(25(23)37)12-39-20-7-8-20)28(42)40-13-22(31(34,35)36)24-11-21-27(26(41-24)15-1-5-19(33)6-2-15)44-14-30(21,29(38)43)18-3-4-18/h1-2,5-6,9-12,18,20,22H,3-4,7-8,13-14,37H2,(H2,38,43)(H,40,42)/t22-,30-/m1/s1. The molecule has 0 spiro atoms. The molecule has 230 valence electrons. The van der Waals surface area contributed by atoms with Crippen LogP contribution in [0.3, 0.4) is 0 Å². The number of hydrogen-bond acceptors (Lipinski definition) is 6. The zero-order valence-electron chi connectivity index (χ0n) is 23.3. The van der Waals surface area contributed by atoms with Gasteiger partial charge in [-0.2, -0.15) is 13.2 Å². The van der Waals surface area contributed by atoms with E-state index >= 15 is 0 Å². The Hall–Kier alpha value is -4.19. The lowest BCUT2D eigenvalue weighted by Gasteiger charge is -2.26. The molecule has 1 aliphatic heterocycles. The number of fused-ring (bicyclic) bond motifs is 1. The Morgan fingerprint density at radius 1 is 1.16 bits per heavy atom. The lowest BCUT2D eigenvalue weighted by molar-refractivity contribution is -0.149. The van der Waals surface area contributed by atoms with Crippen LogP contribution >= 0.6 is 11.6 Å². The van der Waals surface area contributed by atoms with E-state index in [1.807, 2.05) is 0 Å². The van der Waals surface area contributed by atoms with Gasteiger partial charge in [0.2, 0.25) is 5.91 Å². The maximum atomic E-state index is 14.7. The van der Waals surface area contributed by atoms with Crippen LogP contribution in [0, 0.1) is 11.7 Å². The van der Waals surface area contributed by atoms with Crippen LogP contribution in [0.25, 0.3) is 11.3 Å². The molecule has 2 aromatic carbocycles. The van der Waals surface area contributed by atoms with Crippen LogP contribution in [0.4, 0.5) is 23.2 Å². The van der Waals surface area contributed by atoms with Crippen molar-refractivity contribution in [2.24, 2.45) is 16.6 Å². The predicted octanol–water partition coefficient (Wildman–Crippen LogP) is 5.31. The molecule has 13 heteroatoms. The smallest absolute Gasteiger partial charge is 0.398 e. The second-order valence-electron chi connectivity index (χ2n) is 11.5. The van der Waals surface area contributed by atoms with Crippen LogP contribution in [0.15, 0.2) is 47.5 Å². The second-order valence-corrected chi connectivity index (χ2v) is 11.9. The van der Waals surface area contributed by atoms with E-state index in [-0.39, 0.29) is 51.8 Å². The molecule has 6 rings (SSSR count). The third-order valence-electron chi connectivity index (χ3n) is 8.36. The van der Waals surface area contributed by atoms with Crippen LogP contribution in [0.5, 0.6) is 5.75 Å². The van der Waals surface area contributed by atoms with Crippen molar-refractivity contribution in [2.45, 2.75) is 49.2 Å². The summed E-state index contributed by atoms with van der Waals surface area (Å²) in [6.45, 7) is -1.02. The summed E-state index contributed by atoms with van der Waals surface area (Å²) >= 11 is 6.22. The maximum Gasteiger partial charge on any atom is 0.398 e. The number of pyridine rings is 1. The van der Waals surface area contributed by atoms with Crippen molar-refractivity contribution in [2.75, 3.05) is 18.9 Å². The summed E-state index contributed by atoms with van der Waals surface area (Å²) in [5, 5.41) is 2.42. The Kier molecular flexibility index (Phi) is 7.51. The van der Waals surface area contributed by atoms with E-state index in [4.69, 9.17) is 27.8 Å². The van der Waals surface area contributed by atoms with Gasteiger partial charge in [-0.05, 0) is 74.1 Å². The van der Waals surface area contributed by atoms with Crippen molar-refractivity contribution in [3.8, 4) is 17.0 Å². The quantitative estimate of drug-likeness (QED) is 0.168. The Morgan fingerprint density at radius 3 is 2.48 bits per heavy atom. The Bertz CT molecular complexity index is 1670. The Morgan fingerprint density at radius 2 is 1.86 bits per heavy atom. The van der Waals surface area contributed by atoms with Gasteiger partial charge < -0.3 is 21.5 Å². The highest BCUT2D eigenvalue weighted by atomic mass is 35.5.